The van der Waals surface area contributed by atoms with Crippen molar-refractivity contribution in [3.05, 3.63) is 22.4 Å². The Balaban J connectivity index is 1.67. The third-order valence-corrected chi connectivity index (χ3v) is 5.64. The number of nitrogens with one attached hydrogen (secondary N) is 1. The van der Waals surface area contributed by atoms with E-state index in [9.17, 15) is 0 Å². The molecule has 1 aliphatic heterocycles. The van der Waals surface area contributed by atoms with Crippen LogP contribution in [0.5, 0.6) is 0 Å². The van der Waals surface area contributed by atoms with Crippen LogP contribution in [0.2, 0.25) is 0 Å². The van der Waals surface area contributed by atoms with E-state index in [2.05, 4.69) is 34.0 Å². The summed E-state index contributed by atoms with van der Waals surface area (Å²) in [7, 11) is 0. The molecule has 0 amide bonds. The van der Waals surface area contributed by atoms with E-state index < -0.39 is 0 Å². The van der Waals surface area contributed by atoms with Gasteiger partial charge in [0.05, 0.1) is 0 Å². The van der Waals surface area contributed by atoms with Crippen molar-refractivity contribution in [3.8, 4) is 0 Å². The first-order valence-corrected chi connectivity index (χ1v) is 9.21. The van der Waals surface area contributed by atoms with Crippen LogP contribution in [-0.4, -0.2) is 30.6 Å². The first-order valence-electron chi connectivity index (χ1n) is 8.27. The lowest BCUT2D eigenvalue weighted by molar-refractivity contribution is 0.0961. The van der Waals surface area contributed by atoms with Crippen LogP contribution in [0.1, 0.15) is 51.0 Å². The normalized spacial score (nSPS) is 27.1. The van der Waals surface area contributed by atoms with Crippen molar-refractivity contribution >= 4 is 11.3 Å². The summed E-state index contributed by atoms with van der Waals surface area (Å²) in [5.41, 5.74) is 2.04. The highest BCUT2D eigenvalue weighted by molar-refractivity contribution is 7.07. The van der Waals surface area contributed by atoms with Gasteiger partial charge in [0.25, 0.3) is 0 Å². The second-order valence-electron chi connectivity index (χ2n) is 6.80. The van der Waals surface area contributed by atoms with Crippen molar-refractivity contribution in [1.82, 2.24) is 10.2 Å². The Morgan fingerprint density at radius 1 is 1.45 bits per heavy atom. The molecule has 0 bridgehead atoms. The highest BCUT2D eigenvalue weighted by atomic mass is 32.1. The summed E-state index contributed by atoms with van der Waals surface area (Å²) in [6.07, 6.45) is 8.31. The molecule has 2 aliphatic rings. The average molecular weight is 292 g/mol. The molecular weight excluding hydrogens is 264 g/mol. The minimum atomic E-state index is 0.533. The van der Waals surface area contributed by atoms with Gasteiger partial charge >= 0.3 is 0 Å². The minimum absolute atomic E-state index is 0.533. The summed E-state index contributed by atoms with van der Waals surface area (Å²) in [5, 5.41) is 8.19. The molecule has 1 atom stereocenters. The van der Waals surface area contributed by atoms with Crippen LogP contribution in [0, 0.1) is 5.41 Å². The monoisotopic (exact) mass is 292 g/mol. The molecule has 0 radical (unpaired) electrons. The van der Waals surface area contributed by atoms with E-state index in [1.54, 1.807) is 0 Å². The fraction of sp³-hybridized carbons (Fsp3) is 0.765. The van der Waals surface area contributed by atoms with E-state index in [1.807, 2.05) is 11.3 Å². The van der Waals surface area contributed by atoms with Crippen molar-refractivity contribution in [2.45, 2.75) is 58.0 Å². The molecule has 1 aromatic rings. The smallest absolute Gasteiger partial charge is 0.0245 e. The summed E-state index contributed by atoms with van der Waals surface area (Å²) in [5.74, 6) is 0. The van der Waals surface area contributed by atoms with Gasteiger partial charge in [-0.3, -0.25) is 4.90 Å². The molecule has 1 saturated heterocycles. The van der Waals surface area contributed by atoms with Crippen LogP contribution in [-0.2, 0) is 6.54 Å². The Kier molecular flexibility index (Phi) is 4.79. The van der Waals surface area contributed by atoms with Crippen LogP contribution in [0.3, 0.4) is 0 Å². The molecule has 1 aromatic heterocycles. The highest BCUT2D eigenvalue weighted by Crippen LogP contribution is 2.37. The van der Waals surface area contributed by atoms with Gasteiger partial charge in [-0.05, 0) is 66.5 Å². The third kappa shape index (κ3) is 3.63. The SMILES string of the molecule is CCCC1(CN(Cc2ccsc2)C2CC2)CCCNC1. The van der Waals surface area contributed by atoms with Crippen molar-refractivity contribution in [3.63, 3.8) is 0 Å². The Bertz CT molecular complexity index is 386. The maximum atomic E-state index is 3.66. The predicted octanol–water partition coefficient (Wildman–Crippen LogP) is 3.88. The second kappa shape index (κ2) is 6.59. The van der Waals surface area contributed by atoms with E-state index in [4.69, 9.17) is 0 Å². The van der Waals surface area contributed by atoms with Crippen LogP contribution in [0.15, 0.2) is 16.8 Å². The molecule has 1 saturated carbocycles. The van der Waals surface area contributed by atoms with Gasteiger partial charge in [-0.1, -0.05) is 13.3 Å². The maximum absolute atomic E-state index is 3.66. The molecule has 2 heterocycles. The highest BCUT2D eigenvalue weighted by Gasteiger charge is 2.38. The molecule has 0 aromatic carbocycles. The molecular formula is C17H28N2S. The summed E-state index contributed by atoms with van der Waals surface area (Å²) in [6.45, 7) is 7.26. The summed E-state index contributed by atoms with van der Waals surface area (Å²) in [4.78, 5) is 2.78. The molecule has 3 rings (SSSR count). The Morgan fingerprint density at radius 3 is 2.95 bits per heavy atom. The molecule has 1 N–H and O–H groups in total. The minimum Gasteiger partial charge on any atom is -0.316 e. The fourth-order valence-corrected chi connectivity index (χ4v) is 4.45. The molecule has 2 nitrogen and oxygen atoms in total. The third-order valence-electron chi connectivity index (χ3n) is 4.91. The lowest BCUT2D eigenvalue weighted by atomic mass is 9.76. The van der Waals surface area contributed by atoms with Crippen LogP contribution in [0.25, 0.3) is 0 Å². The zero-order valence-electron chi connectivity index (χ0n) is 12.7. The first kappa shape index (κ1) is 14.6. The van der Waals surface area contributed by atoms with Crippen molar-refractivity contribution in [2.75, 3.05) is 19.6 Å². The Labute approximate surface area is 127 Å². The topological polar surface area (TPSA) is 15.3 Å². The zero-order chi connectivity index (χ0) is 13.8. The maximum Gasteiger partial charge on any atom is 0.0245 e. The summed E-state index contributed by atoms with van der Waals surface area (Å²) >= 11 is 1.83. The average Bonchev–Trinajstić information content (AvgIpc) is 3.18. The van der Waals surface area contributed by atoms with Crippen LogP contribution >= 0.6 is 11.3 Å². The molecule has 0 spiro atoms. The molecule has 1 aliphatic carbocycles. The number of rotatable bonds is 7. The number of nitrogens with zero attached hydrogens (tertiary/aromatic N) is 1. The van der Waals surface area contributed by atoms with Crippen molar-refractivity contribution < 1.29 is 0 Å². The molecule has 1 unspecified atom stereocenters. The number of piperidine rings is 1. The lowest BCUT2D eigenvalue weighted by Gasteiger charge is -2.41. The quantitative estimate of drug-likeness (QED) is 0.820. The molecule has 20 heavy (non-hydrogen) atoms. The standard InChI is InChI=1S/C17H28N2S/c1-2-7-17(8-3-9-18-13-17)14-19(16-4-5-16)11-15-6-10-20-12-15/h6,10,12,16,18H,2-5,7-9,11,13-14H2,1H3. The van der Waals surface area contributed by atoms with Gasteiger partial charge in [-0.15, -0.1) is 0 Å². The van der Waals surface area contributed by atoms with Gasteiger partial charge in [0.15, 0.2) is 0 Å². The summed E-state index contributed by atoms with van der Waals surface area (Å²) < 4.78 is 0. The van der Waals surface area contributed by atoms with Crippen LogP contribution < -0.4 is 5.32 Å². The van der Waals surface area contributed by atoms with Gasteiger partial charge < -0.3 is 5.32 Å². The number of hydrogen-bond donors (Lipinski definition) is 1. The predicted molar refractivity (Wildman–Crippen MR) is 87.2 cm³/mol. The Hall–Kier alpha value is -0.380. The second-order valence-corrected chi connectivity index (χ2v) is 7.58. The van der Waals surface area contributed by atoms with Gasteiger partial charge in [-0.2, -0.15) is 11.3 Å². The molecule has 2 fully saturated rings. The van der Waals surface area contributed by atoms with E-state index >= 15 is 0 Å². The molecule has 112 valence electrons. The lowest BCUT2D eigenvalue weighted by Crippen LogP contribution is -2.48. The van der Waals surface area contributed by atoms with Crippen LogP contribution in [0.4, 0.5) is 0 Å². The van der Waals surface area contributed by atoms with Crippen molar-refractivity contribution in [1.29, 1.82) is 0 Å². The van der Waals surface area contributed by atoms with E-state index in [1.165, 1.54) is 70.3 Å². The number of hydrogen-bond acceptors (Lipinski definition) is 3. The van der Waals surface area contributed by atoms with Gasteiger partial charge in [0, 0.05) is 25.7 Å². The zero-order valence-corrected chi connectivity index (χ0v) is 13.6. The first-order chi connectivity index (χ1) is 9.81. The van der Waals surface area contributed by atoms with E-state index in [0.717, 1.165) is 6.04 Å². The number of thiophene rings is 1. The van der Waals surface area contributed by atoms with E-state index in [0.29, 0.717) is 5.41 Å². The molecule has 3 heteroatoms. The fourth-order valence-electron chi connectivity index (χ4n) is 3.79. The van der Waals surface area contributed by atoms with Gasteiger partial charge in [0.1, 0.15) is 0 Å². The van der Waals surface area contributed by atoms with Gasteiger partial charge in [0.2, 0.25) is 0 Å². The van der Waals surface area contributed by atoms with Gasteiger partial charge in [-0.25, -0.2) is 0 Å². The largest absolute Gasteiger partial charge is 0.316 e. The van der Waals surface area contributed by atoms with Crippen molar-refractivity contribution in [2.24, 2.45) is 5.41 Å². The Morgan fingerprint density at radius 2 is 2.35 bits per heavy atom. The summed E-state index contributed by atoms with van der Waals surface area (Å²) in [6, 6.07) is 3.16. The van der Waals surface area contributed by atoms with E-state index in [-0.39, 0.29) is 0 Å².